The van der Waals surface area contributed by atoms with E-state index in [2.05, 4.69) is 15.9 Å². The second-order valence-corrected chi connectivity index (χ2v) is 8.14. The minimum Gasteiger partial charge on any atom is -0.456 e. The lowest BCUT2D eigenvalue weighted by Crippen LogP contribution is -2.44. The predicted molar refractivity (Wildman–Crippen MR) is 102 cm³/mol. The lowest BCUT2D eigenvalue weighted by molar-refractivity contribution is -0.385. The molecule has 28 heavy (non-hydrogen) atoms. The molecule has 1 amide bonds. The number of ether oxygens (including phenoxy) is 2. The number of nitro benzene ring substituents is 1. The number of hydrogen-bond donors (Lipinski definition) is 0. The Morgan fingerprint density at radius 1 is 1.32 bits per heavy atom. The molecular weight excluding hydrogens is 436 g/mol. The van der Waals surface area contributed by atoms with Crippen molar-refractivity contribution in [3.8, 4) is 0 Å². The van der Waals surface area contributed by atoms with Crippen LogP contribution in [0.2, 0.25) is 0 Å². The van der Waals surface area contributed by atoms with Gasteiger partial charge in [0.1, 0.15) is 11.6 Å². The lowest BCUT2D eigenvalue weighted by Gasteiger charge is -2.27. The molecule has 1 saturated heterocycles. The van der Waals surface area contributed by atoms with Crippen LogP contribution in [0.5, 0.6) is 0 Å². The molecule has 0 radical (unpaired) electrons. The highest BCUT2D eigenvalue weighted by atomic mass is 79.9. The Hall–Kier alpha value is -2.49. The molecule has 1 aliphatic rings. The Morgan fingerprint density at radius 2 is 2.00 bits per heavy atom. The first-order valence-electron chi connectivity index (χ1n) is 8.63. The molecule has 0 N–H and O–H groups in total. The van der Waals surface area contributed by atoms with E-state index in [9.17, 15) is 24.5 Å². The highest BCUT2D eigenvalue weighted by Crippen LogP contribution is 2.26. The maximum absolute atomic E-state index is 12.3. The number of nitro groups is 1. The number of carbonyl (C=O) groups excluding carboxylic acids is 3. The predicted octanol–water partition coefficient (Wildman–Crippen LogP) is 3.48. The van der Waals surface area contributed by atoms with Crippen molar-refractivity contribution in [2.24, 2.45) is 0 Å². The number of carbonyl (C=O) groups is 3. The summed E-state index contributed by atoms with van der Waals surface area (Å²) in [6, 6.07) is 2.99. The van der Waals surface area contributed by atoms with Gasteiger partial charge in [-0.1, -0.05) is 0 Å². The van der Waals surface area contributed by atoms with E-state index in [0.717, 1.165) is 0 Å². The normalized spacial score (nSPS) is 16.6. The molecular formula is C18H21BrN2O7. The Labute approximate surface area is 170 Å². The number of halogens is 1. The smallest absolute Gasteiger partial charge is 0.411 e. The molecule has 1 atom stereocenters. The van der Waals surface area contributed by atoms with Crippen LogP contribution < -0.4 is 0 Å². The van der Waals surface area contributed by atoms with Crippen molar-refractivity contribution in [1.82, 2.24) is 4.90 Å². The number of rotatable bonds is 5. The topological polar surface area (TPSA) is 116 Å². The van der Waals surface area contributed by atoms with Gasteiger partial charge in [0.25, 0.3) is 5.69 Å². The van der Waals surface area contributed by atoms with Gasteiger partial charge in [0.15, 0.2) is 12.4 Å². The summed E-state index contributed by atoms with van der Waals surface area (Å²) >= 11 is 3.04. The van der Waals surface area contributed by atoms with E-state index in [0.29, 0.717) is 19.4 Å². The molecule has 0 bridgehead atoms. The third-order valence-corrected chi connectivity index (χ3v) is 4.60. The zero-order chi connectivity index (χ0) is 21.1. The Morgan fingerprint density at radius 3 is 2.57 bits per heavy atom. The maximum Gasteiger partial charge on any atom is 0.411 e. The monoisotopic (exact) mass is 456 g/mol. The van der Waals surface area contributed by atoms with Crippen LogP contribution in [0.3, 0.4) is 0 Å². The molecule has 152 valence electrons. The first-order valence-corrected chi connectivity index (χ1v) is 9.42. The highest BCUT2D eigenvalue weighted by Gasteiger charge is 2.37. The van der Waals surface area contributed by atoms with E-state index in [4.69, 9.17) is 9.47 Å². The van der Waals surface area contributed by atoms with Crippen LogP contribution in [0.4, 0.5) is 10.5 Å². The minimum atomic E-state index is -0.800. The fraction of sp³-hybridized carbons (Fsp3) is 0.500. The first-order chi connectivity index (χ1) is 13.0. The first kappa shape index (κ1) is 21.8. The summed E-state index contributed by atoms with van der Waals surface area (Å²) in [5.41, 5.74) is -0.693. The standard InChI is InChI=1S/C18H21BrN2O7/c1-18(2,3)28-17(24)20-8-4-5-14(20)16(23)27-10-15(22)11-6-7-13(21(25)26)12(19)9-11/h6-7,9,14H,4-5,8,10H2,1-3H3/t14-/m0/s1. The zero-order valence-corrected chi connectivity index (χ0v) is 17.4. The number of Topliss-reactive ketones (excluding diaryl/α,β-unsaturated/α-hetero) is 1. The molecule has 10 heteroatoms. The average Bonchev–Trinajstić information content (AvgIpc) is 3.07. The number of nitrogens with zero attached hydrogens (tertiary/aromatic N) is 2. The largest absolute Gasteiger partial charge is 0.456 e. The number of amides is 1. The second-order valence-electron chi connectivity index (χ2n) is 7.29. The molecule has 1 aliphatic heterocycles. The van der Waals surface area contributed by atoms with Crippen molar-refractivity contribution in [3.63, 3.8) is 0 Å². The van der Waals surface area contributed by atoms with Gasteiger partial charge in [0.2, 0.25) is 0 Å². The number of benzene rings is 1. The van der Waals surface area contributed by atoms with E-state index < -0.39 is 41.0 Å². The summed E-state index contributed by atoms with van der Waals surface area (Å²) < 4.78 is 10.5. The molecule has 1 aromatic carbocycles. The number of ketones is 1. The summed E-state index contributed by atoms with van der Waals surface area (Å²) in [7, 11) is 0. The van der Waals surface area contributed by atoms with E-state index in [-0.39, 0.29) is 15.7 Å². The van der Waals surface area contributed by atoms with Crippen molar-refractivity contribution in [1.29, 1.82) is 0 Å². The van der Waals surface area contributed by atoms with E-state index in [1.54, 1.807) is 20.8 Å². The van der Waals surface area contributed by atoms with Crippen LogP contribution in [0.25, 0.3) is 0 Å². The van der Waals surface area contributed by atoms with Crippen LogP contribution in [-0.2, 0) is 14.3 Å². The van der Waals surface area contributed by atoms with E-state index in [1.807, 2.05) is 0 Å². The second kappa shape index (κ2) is 8.68. The number of likely N-dealkylation sites (tertiary alicyclic amines) is 1. The van der Waals surface area contributed by atoms with Gasteiger partial charge in [-0.05, 0) is 61.7 Å². The van der Waals surface area contributed by atoms with Gasteiger partial charge in [0.05, 0.1) is 9.40 Å². The van der Waals surface area contributed by atoms with Crippen molar-refractivity contribution < 1.29 is 28.8 Å². The minimum absolute atomic E-state index is 0.154. The summed E-state index contributed by atoms with van der Waals surface area (Å²) in [6.45, 7) is 5.04. The van der Waals surface area contributed by atoms with Gasteiger partial charge in [0, 0.05) is 18.2 Å². The molecule has 0 aliphatic carbocycles. The maximum atomic E-state index is 12.3. The fourth-order valence-corrected chi connectivity index (χ4v) is 3.22. The van der Waals surface area contributed by atoms with E-state index in [1.165, 1.54) is 23.1 Å². The third kappa shape index (κ3) is 5.51. The van der Waals surface area contributed by atoms with Gasteiger partial charge in [-0.2, -0.15) is 0 Å². The van der Waals surface area contributed by atoms with Gasteiger partial charge in [-0.15, -0.1) is 0 Å². The molecule has 9 nitrogen and oxygen atoms in total. The summed E-state index contributed by atoms with van der Waals surface area (Å²) in [6.07, 6.45) is 0.454. The molecule has 0 aromatic heterocycles. The molecule has 0 saturated carbocycles. The van der Waals surface area contributed by atoms with Gasteiger partial charge < -0.3 is 9.47 Å². The van der Waals surface area contributed by atoms with Gasteiger partial charge in [-0.3, -0.25) is 19.8 Å². The summed E-state index contributed by atoms with van der Waals surface area (Å²) in [4.78, 5) is 48.3. The lowest BCUT2D eigenvalue weighted by atomic mass is 10.1. The number of esters is 1. The number of hydrogen-bond acceptors (Lipinski definition) is 7. The molecule has 1 heterocycles. The molecule has 0 unspecified atom stereocenters. The highest BCUT2D eigenvalue weighted by molar-refractivity contribution is 9.10. The van der Waals surface area contributed by atoms with Crippen molar-refractivity contribution in [2.75, 3.05) is 13.2 Å². The van der Waals surface area contributed by atoms with Crippen molar-refractivity contribution in [3.05, 3.63) is 38.3 Å². The Balaban J connectivity index is 1.97. The average molecular weight is 457 g/mol. The van der Waals surface area contributed by atoms with Crippen LogP contribution in [0, 0.1) is 10.1 Å². The van der Waals surface area contributed by atoms with Crippen molar-refractivity contribution in [2.45, 2.75) is 45.3 Å². The van der Waals surface area contributed by atoms with Crippen LogP contribution >= 0.6 is 15.9 Å². The molecule has 1 aromatic rings. The molecule has 2 rings (SSSR count). The fourth-order valence-electron chi connectivity index (χ4n) is 2.70. The third-order valence-electron chi connectivity index (χ3n) is 3.96. The quantitative estimate of drug-likeness (QED) is 0.288. The summed E-state index contributed by atoms with van der Waals surface area (Å²) in [5.74, 6) is -1.19. The van der Waals surface area contributed by atoms with Gasteiger partial charge >= 0.3 is 12.1 Å². The van der Waals surface area contributed by atoms with Crippen LogP contribution in [-0.4, -0.2) is 52.5 Å². The van der Waals surface area contributed by atoms with Crippen LogP contribution in [0.15, 0.2) is 22.7 Å². The van der Waals surface area contributed by atoms with Gasteiger partial charge in [-0.25, -0.2) is 9.59 Å². The summed E-state index contributed by atoms with van der Waals surface area (Å²) in [5, 5.41) is 10.8. The zero-order valence-electron chi connectivity index (χ0n) is 15.8. The Kier molecular flexibility index (Phi) is 6.76. The van der Waals surface area contributed by atoms with E-state index >= 15 is 0 Å². The van der Waals surface area contributed by atoms with Crippen molar-refractivity contribution >= 4 is 39.5 Å². The molecule has 1 fully saturated rings. The Bertz CT molecular complexity index is 804. The SMILES string of the molecule is CC(C)(C)OC(=O)N1CCC[C@H]1C(=O)OCC(=O)c1ccc([N+](=O)[O-])c(Br)c1. The molecule has 0 spiro atoms. The van der Waals surface area contributed by atoms with Crippen LogP contribution in [0.1, 0.15) is 44.0 Å².